The maximum atomic E-state index is 13.3. The van der Waals surface area contributed by atoms with E-state index in [0.717, 1.165) is 11.3 Å². The van der Waals surface area contributed by atoms with Gasteiger partial charge in [-0.3, -0.25) is 0 Å². The molecule has 3 heteroatoms. The molecule has 0 aliphatic heterocycles. The molecule has 0 heterocycles. The van der Waals surface area contributed by atoms with E-state index in [-0.39, 0.29) is 11.2 Å². The third kappa shape index (κ3) is 3.51. The lowest BCUT2D eigenvalue weighted by atomic mass is 9.86. The van der Waals surface area contributed by atoms with Crippen molar-refractivity contribution < 1.29 is 4.39 Å². The molecule has 0 saturated heterocycles. The number of anilines is 1. The molecule has 106 valence electrons. The fraction of sp³-hybridized carbons (Fsp3) is 0.294. The maximum Gasteiger partial charge on any atom is 0.123 e. The van der Waals surface area contributed by atoms with Crippen LogP contribution >= 0.6 is 11.6 Å². The predicted molar refractivity (Wildman–Crippen MR) is 83.9 cm³/mol. The quantitative estimate of drug-likeness (QED) is 0.799. The van der Waals surface area contributed by atoms with Crippen LogP contribution in [0.4, 0.5) is 10.1 Å². The fourth-order valence-electron chi connectivity index (χ4n) is 2.16. The van der Waals surface area contributed by atoms with Gasteiger partial charge in [0.15, 0.2) is 0 Å². The van der Waals surface area contributed by atoms with Crippen molar-refractivity contribution in [2.24, 2.45) is 0 Å². The Morgan fingerprint density at radius 2 is 1.80 bits per heavy atom. The highest BCUT2D eigenvalue weighted by atomic mass is 35.5. The van der Waals surface area contributed by atoms with Crippen molar-refractivity contribution in [2.75, 3.05) is 5.32 Å². The second kappa shape index (κ2) is 5.84. The average molecular weight is 292 g/mol. The van der Waals surface area contributed by atoms with Crippen LogP contribution in [0.15, 0.2) is 42.5 Å². The van der Waals surface area contributed by atoms with E-state index in [4.69, 9.17) is 11.6 Å². The topological polar surface area (TPSA) is 12.0 Å². The van der Waals surface area contributed by atoms with Gasteiger partial charge in [-0.25, -0.2) is 4.39 Å². The minimum atomic E-state index is -0.268. The van der Waals surface area contributed by atoms with Crippen LogP contribution in [-0.2, 0) is 12.0 Å². The van der Waals surface area contributed by atoms with E-state index >= 15 is 0 Å². The summed E-state index contributed by atoms with van der Waals surface area (Å²) in [5.41, 5.74) is 3.10. The Labute approximate surface area is 124 Å². The van der Waals surface area contributed by atoms with Gasteiger partial charge in [0.2, 0.25) is 0 Å². The Balaban J connectivity index is 2.21. The van der Waals surface area contributed by atoms with Crippen molar-refractivity contribution in [3.63, 3.8) is 0 Å². The highest BCUT2D eigenvalue weighted by Gasteiger charge is 2.17. The predicted octanol–water partition coefficient (Wildman–Crippen LogP) is 5.39. The molecule has 0 atom stereocenters. The molecule has 2 aromatic carbocycles. The first-order valence-electron chi connectivity index (χ1n) is 6.65. The maximum absolute atomic E-state index is 13.3. The van der Waals surface area contributed by atoms with Gasteiger partial charge in [-0.15, -0.1) is 0 Å². The summed E-state index contributed by atoms with van der Waals surface area (Å²) in [4.78, 5) is 0. The van der Waals surface area contributed by atoms with E-state index in [1.807, 2.05) is 18.2 Å². The highest BCUT2D eigenvalue weighted by molar-refractivity contribution is 6.31. The molecule has 0 aromatic heterocycles. The summed E-state index contributed by atoms with van der Waals surface area (Å²) >= 11 is 6.09. The smallest absolute Gasteiger partial charge is 0.123 e. The van der Waals surface area contributed by atoms with E-state index in [1.54, 1.807) is 6.07 Å². The van der Waals surface area contributed by atoms with Crippen LogP contribution in [0.2, 0.25) is 5.02 Å². The largest absolute Gasteiger partial charge is 0.381 e. The Hall–Kier alpha value is -1.54. The molecule has 0 bridgehead atoms. The Kier molecular flexibility index (Phi) is 4.34. The first-order valence-corrected chi connectivity index (χ1v) is 7.03. The van der Waals surface area contributed by atoms with E-state index in [0.29, 0.717) is 11.6 Å². The zero-order chi connectivity index (χ0) is 14.8. The minimum absolute atomic E-state index is 0.0509. The Bertz CT molecular complexity index is 602. The number of benzene rings is 2. The van der Waals surface area contributed by atoms with Crippen molar-refractivity contribution in [2.45, 2.75) is 32.7 Å². The van der Waals surface area contributed by atoms with E-state index in [2.05, 4.69) is 32.2 Å². The standard InChI is InChI=1S/C17H19ClFN/c1-17(2,3)14-6-4-5-7-16(14)20-11-12-10-13(19)8-9-15(12)18/h4-10,20H,11H2,1-3H3. The summed E-state index contributed by atoms with van der Waals surface area (Å²) < 4.78 is 13.3. The number of rotatable bonds is 3. The lowest BCUT2D eigenvalue weighted by molar-refractivity contribution is 0.591. The fourth-order valence-corrected chi connectivity index (χ4v) is 2.34. The van der Waals surface area contributed by atoms with Gasteiger partial charge in [-0.2, -0.15) is 0 Å². The normalized spacial score (nSPS) is 11.4. The number of hydrogen-bond acceptors (Lipinski definition) is 1. The molecule has 0 radical (unpaired) electrons. The van der Waals surface area contributed by atoms with E-state index in [9.17, 15) is 4.39 Å². The molecule has 0 unspecified atom stereocenters. The molecular weight excluding hydrogens is 273 g/mol. The van der Waals surface area contributed by atoms with Crippen molar-refractivity contribution >= 4 is 17.3 Å². The first-order chi connectivity index (χ1) is 9.38. The number of halogens is 2. The molecule has 20 heavy (non-hydrogen) atoms. The number of hydrogen-bond donors (Lipinski definition) is 1. The van der Waals surface area contributed by atoms with Gasteiger partial charge in [0.25, 0.3) is 0 Å². The minimum Gasteiger partial charge on any atom is -0.381 e. The molecule has 1 nitrogen and oxygen atoms in total. The monoisotopic (exact) mass is 291 g/mol. The molecule has 0 aliphatic rings. The van der Waals surface area contributed by atoms with Gasteiger partial charge in [-0.05, 0) is 40.8 Å². The van der Waals surface area contributed by atoms with Gasteiger partial charge in [0.1, 0.15) is 5.82 Å². The summed E-state index contributed by atoms with van der Waals surface area (Å²) in [5, 5.41) is 3.93. The zero-order valence-electron chi connectivity index (χ0n) is 12.0. The molecule has 0 saturated carbocycles. The summed E-state index contributed by atoms with van der Waals surface area (Å²) in [7, 11) is 0. The Morgan fingerprint density at radius 1 is 1.10 bits per heavy atom. The molecule has 2 aromatic rings. The highest BCUT2D eigenvalue weighted by Crippen LogP contribution is 2.30. The van der Waals surface area contributed by atoms with Crippen molar-refractivity contribution in [1.29, 1.82) is 0 Å². The third-order valence-electron chi connectivity index (χ3n) is 3.21. The van der Waals surface area contributed by atoms with Gasteiger partial charge in [0.05, 0.1) is 0 Å². The van der Waals surface area contributed by atoms with E-state index < -0.39 is 0 Å². The van der Waals surface area contributed by atoms with Crippen LogP contribution in [-0.4, -0.2) is 0 Å². The molecule has 0 aliphatic carbocycles. The van der Waals surface area contributed by atoms with Crippen molar-refractivity contribution in [1.82, 2.24) is 0 Å². The average Bonchev–Trinajstić information content (AvgIpc) is 2.39. The van der Waals surface area contributed by atoms with Crippen LogP contribution in [0.1, 0.15) is 31.9 Å². The van der Waals surface area contributed by atoms with Crippen LogP contribution in [0.3, 0.4) is 0 Å². The van der Waals surface area contributed by atoms with E-state index in [1.165, 1.54) is 17.7 Å². The summed E-state index contributed by atoms with van der Waals surface area (Å²) in [5.74, 6) is -0.268. The SMILES string of the molecule is CC(C)(C)c1ccccc1NCc1cc(F)ccc1Cl. The summed E-state index contributed by atoms with van der Waals surface area (Å²) in [6, 6.07) is 12.6. The molecule has 0 fully saturated rings. The summed E-state index contributed by atoms with van der Waals surface area (Å²) in [6.07, 6.45) is 0. The van der Waals surface area contributed by atoms with Crippen LogP contribution in [0, 0.1) is 5.82 Å². The third-order valence-corrected chi connectivity index (χ3v) is 3.58. The van der Waals surface area contributed by atoms with Crippen LogP contribution < -0.4 is 5.32 Å². The van der Waals surface area contributed by atoms with Crippen LogP contribution in [0.5, 0.6) is 0 Å². The number of nitrogens with one attached hydrogen (secondary N) is 1. The van der Waals surface area contributed by atoms with Gasteiger partial charge < -0.3 is 5.32 Å². The lowest BCUT2D eigenvalue weighted by Gasteiger charge is -2.23. The van der Waals surface area contributed by atoms with Gasteiger partial charge in [0, 0.05) is 17.3 Å². The molecular formula is C17H19ClFN. The zero-order valence-corrected chi connectivity index (χ0v) is 12.8. The first kappa shape index (κ1) is 14.9. The molecule has 0 spiro atoms. The molecule has 0 amide bonds. The Morgan fingerprint density at radius 3 is 2.50 bits per heavy atom. The van der Waals surface area contributed by atoms with Crippen molar-refractivity contribution in [3.8, 4) is 0 Å². The van der Waals surface area contributed by atoms with Gasteiger partial charge in [-0.1, -0.05) is 50.6 Å². The number of para-hydroxylation sites is 1. The lowest BCUT2D eigenvalue weighted by Crippen LogP contribution is -2.14. The van der Waals surface area contributed by atoms with Crippen LogP contribution in [0.25, 0.3) is 0 Å². The molecule has 2 rings (SSSR count). The summed E-state index contributed by atoms with van der Waals surface area (Å²) in [6.45, 7) is 7.01. The second-order valence-corrected chi connectivity index (χ2v) is 6.29. The van der Waals surface area contributed by atoms with Crippen molar-refractivity contribution in [3.05, 3.63) is 64.4 Å². The second-order valence-electron chi connectivity index (χ2n) is 5.88. The molecule has 1 N–H and O–H groups in total. The van der Waals surface area contributed by atoms with Gasteiger partial charge >= 0.3 is 0 Å².